The van der Waals surface area contributed by atoms with Crippen molar-refractivity contribution < 1.29 is 14.0 Å². The monoisotopic (exact) mass is 351 g/mol. The summed E-state index contributed by atoms with van der Waals surface area (Å²) in [6.45, 7) is 1.81. The highest BCUT2D eigenvalue weighted by molar-refractivity contribution is 6.07. The lowest BCUT2D eigenvalue weighted by atomic mass is 10.1. The zero-order chi connectivity index (χ0) is 18.9. The molecule has 26 heavy (non-hydrogen) atoms. The number of Topliss-reactive ketones (excluding diaryl/α,β-unsaturated/α-hetero) is 1. The number of rotatable bonds is 7. The molecule has 0 aromatic heterocycles. The minimum atomic E-state index is -0.591. The number of halogens is 1. The number of carbonyl (C=O) groups excluding carboxylic acids is 2. The van der Waals surface area contributed by atoms with Crippen LogP contribution in [0.4, 0.5) is 10.1 Å². The molecular weight excluding hydrogens is 333 g/mol. The SMILES string of the molecule is CC(=O)c1cccc(NC(=O)/C(C#N)=C\NCCc2ccccc2F)c1. The molecule has 0 aliphatic carbocycles. The Bertz CT molecular complexity index is 885. The van der Waals surface area contributed by atoms with Gasteiger partial charge in [0.1, 0.15) is 17.5 Å². The Kier molecular flexibility index (Phi) is 6.63. The topological polar surface area (TPSA) is 82.0 Å². The standard InChI is InChI=1S/C20H18FN3O2/c1-14(25)16-6-4-7-18(11-16)24-20(26)17(12-22)13-23-10-9-15-5-2-3-8-19(15)21/h2-8,11,13,23H,9-10H2,1H3,(H,24,26)/b17-13-. The number of amides is 1. The van der Waals surface area contributed by atoms with E-state index in [0.29, 0.717) is 29.8 Å². The molecule has 0 saturated carbocycles. The van der Waals surface area contributed by atoms with Crippen LogP contribution in [-0.4, -0.2) is 18.2 Å². The Morgan fingerprint density at radius 3 is 2.65 bits per heavy atom. The molecule has 2 aromatic carbocycles. The van der Waals surface area contributed by atoms with E-state index in [-0.39, 0.29) is 17.2 Å². The molecule has 6 heteroatoms. The van der Waals surface area contributed by atoms with Crippen LogP contribution in [0.2, 0.25) is 0 Å². The maximum absolute atomic E-state index is 13.5. The molecule has 0 fully saturated rings. The molecule has 0 spiro atoms. The van der Waals surface area contributed by atoms with Crippen molar-refractivity contribution in [3.8, 4) is 6.07 Å². The normalized spacial score (nSPS) is 10.7. The molecule has 0 heterocycles. The Morgan fingerprint density at radius 1 is 1.19 bits per heavy atom. The number of nitrogens with one attached hydrogen (secondary N) is 2. The third kappa shape index (κ3) is 5.28. The van der Waals surface area contributed by atoms with E-state index in [1.165, 1.54) is 19.2 Å². The summed E-state index contributed by atoms with van der Waals surface area (Å²) in [6.07, 6.45) is 1.72. The maximum Gasteiger partial charge on any atom is 0.267 e. The number of benzene rings is 2. The Hall–Kier alpha value is -3.46. The number of anilines is 1. The van der Waals surface area contributed by atoms with Crippen molar-refractivity contribution in [2.45, 2.75) is 13.3 Å². The van der Waals surface area contributed by atoms with Crippen LogP contribution in [0.15, 0.2) is 60.3 Å². The molecule has 0 atom stereocenters. The van der Waals surface area contributed by atoms with Gasteiger partial charge < -0.3 is 10.6 Å². The fourth-order valence-corrected chi connectivity index (χ4v) is 2.25. The summed E-state index contributed by atoms with van der Waals surface area (Å²) >= 11 is 0. The summed E-state index contributed by atoms with van der Waals surface area (Å²) in [7, 11) is 0. The number of hydrogen-bond donors (Lipinski definition) is 2. The van der Waals surface area contributed by atoms with Gasteiger partial charge in [-0.2, -0.15) is 5.26 Å². The van der Waals surface area contributed by atoms with Gasteiger partial charge in [0, 0.05) is 24.0 Å². The first-order valence-corrected chi connectivity index (χ1v) is 8.00. The molecule has 2 N–H and O–H groups in total. The highest BCUT2D eigenvalue weighted by atomic mass is 19.1. The van der Waals surface area contributed by atoms with Gasteiger partial charge in [-0.1, -0.05) is 30.3 Å². The highest BCUT2D eigenvalue weighted by Crippen LogP contribution is 2.12. The summed E-state index contributed by atoms with van der Waals surface area (Å²) < 4.78 is 13.5. The van der Waals surface area contributed by atoms with Crippen molar-refractivity contribution in [2.75, 3.05) is 11.9 Å². The number of nitrogens with zero attached hydrogens (tertiary/aromatic N) is 1. The molecular formula is C20H18FN3O2. The van der Waals surface area contributed by atoms with Crippen molar-refractivity contribution in [1.29, 1.82) is 5.26 Å². The third-order valence-corrected chi connectivity index (χ3v) is 3.63. The van der Waals surface area contributed by atoms with E-state index < -0.39 is 5.91 Å². The van der Waals surface area contributed by atoms with Gasteiger partial charge in [-0.25, -0.2) is 4.39 Å². The molecule has 0 radical (unpaired) electrons. The second-order valence-corrected chi connectivity index (χ2v) is 5.56. The second kappa shape index (κ2) is 9.14. The van der Waals surface area contributed by atoms with Gasteiger partial charge in [0.25, 0.3) is 5.91 Å². The third-order valence-electron chi connectivity index (χ3n) is 3.63. The van der Waals surface area contributed by atoms with E-state index in [0.717, 1.165) is 0 Å². The summed E-state index contributed by atoms with van der Waals surface area (Å²) in [5.74, 6) is -1.000. The van der Waals surface area contributed by atoms with Gasteiger partial charge in [-0.15, -0.1) is 0 Å². The molecule has 132 valence electrons. The lowest BCUT2D eigenvalue weighted by Crippen LogP contribution is -2.18. The van der Waals surface area contributed by atoms with Gasteiger partial charge in [0.05, 0.1) is 0 Å². The Balaban J connectivity index is 1.94. The average Bonchev–Trinajstić information content (AvgIpc) is 2.63. The number of ketones is 1. The van der Waals surface area contributed by atoms with Crippen LogP contribution in [0.1, 0.15) is 22.8 Å². The second-order valence-electron chi connectivity index (χ2n) is 5.56. The highest BCUT2D eigenvalue weighted by Gasteiger charge is 2.10. The van der Waals surface area contributed by atoms with Crippen LogP contribution >= 0.6 is 0 Å². The van der Waals surface area contributed by atoms with Crippen molar-refractivity contribution >= 4 is 17.4 Å². The van der Waals surface area contributed by atoms with Gasteiger partial charge in [0.2, 0.25) is 0 Å². The molecule has 0 aliphatic rings. The summed E-state index contributed by atoms with van der Waals surface area (Å²) in [6, 6.07) is 14.7. The largest absolute Gasteiger partial charge is 0.389 e. The molecule has 0 bridgehead atoms. The first-order valence-electron chi connectivity index (χ1n) is 8.00. The van der Waals surface area contributed by atoms with E-state index in [9.17, 15) is 14.0 Å². The fraction of sp³-hybridized carbons (Fsp3) is 0.150. The van der Waals surface area contributed by atoms with Gasteiger partial charge >= 0.3 is 0 Å². The van der Waals surface area contributed by atoms with E-state index in [2.05, 4.69) is 10.6 Å². The lowest BCUT2D eigenvalue weighted by molar-refractivity contribution is -0.112. The fourth-order valence-electron chi connectivity index (χ4n) is 2.25. The van der Waals surface area contributed by atoms with Gasteiger partial charge in [0.15, 0.2) is 5.78 Å². The molecule has 5 nitrogen and oxygen atoms in total. The summed E-state index contributed by atoms with van der Waals surface area (Å²) in [4.78, 5) is 23.5. The molecule has 0 unspecified atom stereocenters. The van der Waals surface area contributed by atoms with E-state index in [1.807, 2.05) is 6.07 Å². The van der Waals surface area contributed by atoms with Crippen LogP contribution in [0.3, 0.4) is 0 Å². The average molecular weight is 351 g/mol. The first kappa shape index (κ1) is 18.9. The smallest absolute Gasteiger partial charge is 0.267 e. The number of nitriles is 1. The number of hydrogen-bond acceptors (Lipinski definition) is 4. The predicted molar refractivity (Wildman–Crippen MR) is 96.9 cm³/mol. The molecule has 2 rings (SSSR count). The van der Waals surface area contributed by atoms with E-state index in [4.69, 9.17) is 5.26 Å². The Labute approximate surface area is 151 Å². The van der Waals surface area contributed by atoms with E-state index >= 15 is 0 Å². The van der Waals surface area contributed by atoms with Crippen molar-refractivity contribution in [3.63, 3.8) is 0 Å². The van der Waals surface area contributed by atoms with Crippen LogP contribution < -0.4 is 10.6 Å². The van der Waals surface area contributed by atoms with Crippen LogP contribution in [0.25, 0.3) is 0 Å². The quantitative estimate of drug-likeness (QED) is 0.347. The van der Waals surface area contributed by atoms with Gasteiger partial charge in [-0.3, -0.25) is 9.59 Å². The predicted octanol–water partition coefficient (Wildman–Crippen LogP) is 3.21. The summed E-state index contributed by atoms with van der Waals surface area (Å²) in [5, 5.41) is 14.6. The Morgan fingerprint density at radius 2 is 1.96 bits per heavy atom. The van der Waals surface area contributed by atoms with Crippen LogP contribution in [0, 0.1) is 17.1 Å². The molecule has 0 saturated heterocycles. The van der Waals surface area contributed by atoms with Crippen LogP contribution in [0.5, 0.6) is 0 Å². The minimum Gasteiger partial charge on any atom is -0.389 e. The zero-order valence-corrected chi connectivity index (χ0v) is 14.3. The van der Waals surface area contributed by atoms with Crippen molar-refractivity contribution in [1.82, 2.24) is 5.32 Å². The zero-order valence-electron chi connectivity index (χ0n) is 14.3. The number of carbonyl (C=O) groups is 2. The lowest BCUT2D eigenvalue weighted by Gasteiger charge is -2.07. The minimum absolute atomic E-state index is 0.119. The molecule has 2 aromatic rings. The van der Waals surface area contributed by atoms with Crippen molar-refractivity contribution in [3.05, 3.63) is 77.2 Å². The maximum atomic E-state index is 13.5. The molecule has 0 aliphatic heterocycles. The first-order chi connectivity index (χ1) is 12.5. The summed E-state index contributed by atoms with van der Waals surface area (Å²) in [5.41, 5.74) is 1.33. The van der Waals surface area contributed by atoms with Crippen molar-refractivity contribution in [2.24, 2.45) is 0 Å². The van der Waals surface area contributed by atoms with Gasteiger partial charge in [-0.05, 0) is 37.1 Å². The molecule has 1 amide bonds. The van der Waals surface area contributed by atoms with E-state index in [1.54, 1.807) is 42.5 Å². The van der Waals surface area contributed by atoms with Crippen LogP contribution in [-0.2, 0) is 11.2 Å².